The number of aromatic amines is 1. The Bertz CT molecular complexity index is 1150. The summed E-state index contributed by atoms with van der Waals surface area (Å²) >= 11 is 0. The third kappa shape index (κ3) is 3.12. The normalized spacial score (nSPS) is 11.1. The van der Waals surface area contributed by atoms with E-state index >= 15 is 0 Å². The number of nitrogens with zero attached hydrogens (tertiary/aromatic N) is 1. The monoisotopic (exact) mass is 359 g/mol. The fraction of sp³-hybridized carbons (Fsp3) is 0.182. The summed E-state index contributed by atoms with van der Waals surface area (Å²) in [5, 5.41) is 4.03. The average molecular weight is 359 g/mol. The molecule has 5 heteroatoms. The lowest BCUT2D eigenvalue weighted by atomic mass is 10.1. The number of carbonyl (C=O) groups excluding carboxylic acids is 1. The zero-order valence-corrected chi connectivity index (χ0v) is 15.8. The second-order valence-electron chi connectivity index (χ2n) is 6.83. The van der Waals surface area contributed by atoms with Crippen molar-refractivity contribution in [2.24, 2.45) is 0 Å². The Morgan fingerprint density at radius 2 is 1.89 bits per heavy atom. The van der Waals surface area contributed by atoms with Crippen molar-refractivity contribution >= 4 is 22.5 Å². The van der Waals surface area contributed by atoms with Gasteiger partial charge in [-0.05, 0) is 69.7 Å². The molecule has 0 atom stereocenters. The smallest absolute Gasteiger partial charge is 0.255 e. The van der Waals surface area contributed by atoms with Crippen LogP contribution in [0.4, 0.5) is 5.69 Å². The number of hydrogen-bond acceptors (Lipinski definition) is 3. The highest BCUT2D eigenvalue weighted by molar-refractivity contribution is 6.06. The predicted molar refractivity (Wildman–Crippen MR) is 107 cm³/mol. The molecule has 2 N–H and O–H groups in total. The van der Waals surface area contributed by atoms with Gasteiger partial charge in [0.15, 0.2) is 0 Å². The molecule has 0 saturated carbocycles. The van der Waals surface area contributed by atoms with Crippen LogP contribution in [-0.4, -0.2) is 15.9 Å². The van der Waals surface area contributed by atoms with Crippen molar-refractivity contribution in [2.45, 2.75) is 27.7 Å². The number of carbonyl (C=O) groups is 1. The van der Waals surface area contributed by atoms with Crippen molar-refractivity contribution in [1.29, 1.82) is 0 Å². The number of H-pyrrole nitrogens is 1. The Morgan fingerprint density at radius 1 is 1.07 bits per heavy atom. The van der Waals surface area contributed by atoms with E-state index in [-0.39, 0.29) is 5.91 Å². The number of hydrogen-bond donors (Lipinski definition) is 2. The van der Waals surface area contributed by atoms with Gasteiger partial charge in [-0.15, -0.1) is 0 Å². The molecule has 0 aliphatic heterocycles. The molecule has 0 bridgehead atoms. The Morgan fingerprint density at radius 3 is 2.63 bits per heavy atom. The fourth-order valence-electron chi connectivity index (χ4n) is 3.13. The van der Waals surface area contributed by atoms with E-state index in [1.165, 1.54) is 0 Å². The molecule has 136 valence electrons. The van der Waals surface area contributed by atoms with E-state index in [9.17, 15) is 4.79 Å². The van der Waals surface area contributed by atoms with Crippen molar-refractivity contribution in [2.75, 3.05) is 5.32 Å². The number of benzene rings is 2. The molecular weight excluding hydrogens is 338 g/mol. The van der Waals surface area contributed by atoms with Gasteiger partial charge < -0.3 is 14.7 Å². The van der Waals surface area contributed by atoms with Crippen LogP contribution in [0.5, 0.6) is 0 Å². The Balaban J connectivity index is 1.61. The van der Waals surface area contributed by atoms with Gasteiger partial charge in [0, 0.05) is 33.4 Å². The molecule has 0 aliphatic rings. The fourth-order valence-corrected chi connectivity index (χ4v) is 3.13. The summed E-state index contributed by atoms with van der Waals surface area (Å²) in [6, 6.07) is 13.2. The van der Waals surface area contributed by atoms with Crippen molar-refractivity contribution < 1.29 is 9.21 Å². The molecule has 5 nitrogen and oxygen atoms in total. The Kier molecular flexibility index (Phi) is 4.07. The van der Waals surface area contributed by atoms with E-state index in [1.807, 2.05) is 63.2 Å². The van der Waals surface area contributed by atoms with Gasteiger partial charge in [0.05, 0.1) is 5.69 Å². The first kappa shape index (κ1) is 17.1. The molecular formula is C22H21N3O2. The van der Waals surface area contributed by atoms with Crippen LogP contribution in [0.25, 0.3) is 22.4 Å². The molecule has 2 aromatic carbocycles. The minimum atomic E-state index is -0.146. The van der Waals surface area contributed by atoms with Gasteiger partial charge in [-0.2, -0.15) is 0 Å². The summed E-state index contributed by atoms with van der Waals surface area (Å²) in [5.74, 6) is 1.21. The van der Waals surface area contributed by atoms with Crippen LogP contribution in [-0.2, 0) is 0 Å². The Hall–Kier alpha value is -3.34. The molecule has 0 radical (unpaired) electrons. The highest BCUT2D eigenvalue weighted by atomic mass is 16.4. The number of oxazole rings is 1. The molecule has 4 rings (SSSR count). The predicted octanol–water partition coefficient (Wildman–Crippen LogP) is 5.31. The molecule has 2 heterocycles. The van der Waals surface area contributed by atoms with Gasteiger partial charge in [0.25, 0.3) is 5.91 Å². The van der Waals surface area contributed by atoms with E-state index in [0.29, 0.717) is 17.1 Å². The quantitative estimate of drug-likeness (QED) is 0.521. The summed E-state index contributed by atoms with van der Waals surface area (Å²) in [6.07, 6.45) is 0. The second-order valence-corrected chi connectivity index (χ2v) is 6.83. The van der Waals surface area contributed by atoms with Crippen molar-refractivity contribution in [3.63, 3.8) is 0 Å². The van der Waals surface area contributed by atoms with E-state index in [1.54, 1.807) is 0 Å². The van der Waals surface area contributed by atoms with Crippen LogP contribution in [0.3, 0.4) is 0 Å². The highest BCUT2D eigenvalue weighted by Crippen LogP contribution is 2.25. The molecule has 0 spiro atoms. The molecule has 1 amide bonds. The van der Waals surface area contributed by atoms with Crippen molar-refractivity contribution in [3.05, 3.63) is 70.7 Å². The molecule has 0 saturated heterocycles. The number of fused-ring (bicyclic) bond motifs is 1. The van der Waals surface area contributed by atoms with E-state index in [0.717, 1.165) is 39.2 Å². The van der Waals surface area contributed by atoms with Crippen LogP contribution < -0.4 is 5.32 Å². The Labute approximate surface area is 157 Å². The molecule has 2 aromatic heterocycles. The van der Waals surface area contributed by atoms with Gasteiger partial charge >= 0.3 is 0 Å². The SMILES string of the molecule is Cc1nc(-c2cccc(NC(=O)c3ccc4[nH]c(C)c(C)c4c3)c2)oc1C. The van der Waals surface area contributed by atoms with Crippen LogP contribution >= 0.6 is 0 Å². The van der Waals surface area contributed by atoms with Gasteiger partial charge in [-0.1, -0.05) is 6.07 Å². The summed E-state index contributed by atoms with van der Waals surface area (Å²) < 4.78 is 5.68. The molecule has 27 heavy (non-hydrogen) atoms. The van der Waals surface area contributed by atoms with E-state index in [2.05, 4.69) is 22.2 Å². The number of amides is 1. The van der Waals surface area contributed by atoms with Crippen LogP contribution in [0.15, 0.2) is 46.9 Å². The van der Waals surface area contributed by atoms with Gasteiger partial charge in [-0.25, -0.2) is 4.98 Å². The molecule has 4 aromatic rings. The van der Waals surface area contributed by atoms with Gasteiger partial charge in [0.1, 0.15) is 5.76 Å². The second kappa shape index (κ2) is 6.43. The summed E-state index contributed by atoms with van der Waals surface area (Å²) in [7, 11) is 0. The lowest BCUT2D eigenvalue weighted by Gasteiger charge is -2.07. The lowest BCUT2D eigenvalue weighted by Crippen LogP contribution is -2.11. The first-order valence-electron chi connectivity index (χ1n) is 8.87. The average Bonchev–Trinajstić information content (AvgIpc) is 3.14. The highest BCUT2D eigenvalue weighted by Gasteiger charge is 2.12. The molecule has 0 aliphatic carbocycles. The zero-order valence-electron chi connectivity index (χ0n) is 15.8. The third-order valence-corrected chi connectivity index (χ3v) is 4.97. The zero-order chi connectivity index (χ0) is 19.1. The maximum absolute atomic E-state index is 12.7. The van der Waals surface area contributed by atoms with Crippen LogP contribution in [0.2, 0.25) is 0 Å². The molecule has 0 fully saturated rings. The minimum Gasteiger partial charge on any atom is -0.441 e. The summed E-state index contributed by atoms with van der Waals surface area (Å²) in [4.78, 5) is 20.5. The number of aryl methyl sites for hydroxylation is 4. The number of anilines is 1. The number of rotatable bonds is 3. The maximum atomic E-state index is 12.7. The van der Waals surface area contributed by atoms with E-state index < -0.39 is 0 Å². The van der Waals surface area contributed by atoms with Crippen LogP contribution in [0.1, 0.15) is 33.1 Å². The number of aromatic nitrogens is 2. The molecule has 0 unspecified atom stereocenters. The van der Waals surface area contributed by atoms with Gasteiger partial charge in [0.2, 0.25) is 5.89 Å². The lowest BCUT2D eigenvalue weighted by molar-refractivity contribution is 0.102. The van der Waals surface area contributed by atoms with Crippen molar-refractivity contribution in [1.82, 2.24) is 9.97 Å². The first-order chi connectivity index (χ1) is 12.9. The van der Waals surface area contributed by atoms with Crippen LogP contribution in [0, 0.1) is 27.7 Å². The first-order valence-corrected chi connectivity index (χ1v) is 8.87. The summed E-state index contributed by atoms with van der Waals surface area (Å²) in [6.45, 7) is 7.89. The number of nitrogens with one attached hydrogen (secondary N) is 2. The summed E-state index contributed by atoms with van der Waals surface area (Å²) in [5.41, 5.74) is 6.34. The minimum absolute atomic E-state index is 0.146. The third-order valence-electron chi connectivity index (χ3n) is 4.97. The van der Waals surface area contributed by atoms with Gasteiger partial charge in [-0.3, -0.25) is 4.79 Å². The van der Waals surface area contributed by atoms with Crippen molar-refractivity contribution in [3.8, 4) is 11.5 Å². The largest absolute Gasteiger partial charge is 0.441 e. The maximum Gasteiger partial charge on any atom is 0.255 e. The standard InChI is InChI=1S/C22H21N3O2/c1-12-13(2)23-20-9-8-16(11-19(12)20)21(26)25-18-7-5-6-17(10-18)22-24-14(3)15(4)27-22/h5-11,23H,1-4H3,(H,25,26). The topological polar surface area (TPSA) is 70.9 Å². The van der Waals surface area contributed by atoms with E-state index in [4.69, 9.17) is 4.42 Å².